The molecule has 0 unspecified atom stereocenters. The Bertz CT molecular complexity index is 774. The third-order valence-electron chi connectivity index (χ3n) is 4.81. The van der Waals surface area contributed by atoms with Crippen molar-refractivity contribution in [3.05, 3.63) is 65.7 Å². The lowest BCUT2D eigenvalue weighted by Crippen LogP contribution is -2.46. The maximum atomic E-state index is 12.2. The minimum atomic E-state index is -0.248. The van der Waals surface area contributed by atoms with Gasteiger partial charge in [0.1, 0.15) is 5.76 Å². The number of nitrogens with two attached hydrogens (primary N) is 1. The van der Waals surface area contributed by atoms with E-state index < -0.39 is 0 Å². The molecule has 1 saturated heterocycles. The first kappa shape index (κ1) is 18.0. The van der Waals surface area contributed by atoms with E-state index in [1.807, 2.05) is 24.3 Å². The van der Waals surface area contributed by atoms with Crippen LogP contribution in [0.15, 0.2) is 54.6 Å². The molecule has 0 atom stereocenters. The number of anilines is 2. The van der Waals surface area contributed by atoms with Crippen molar-refractivity contribution in [3.8, 4) is 0 Å². The van der Waals surface area contributed by atoms with Gasteiger partial charge < -0.3 is 20.6 Å². The summed E-state index contributed by atoms with van der Waals surface area (Å²) in [5.41, 5.74) is 8.50. The Morgan fingerprint density at radius 2 is 1.58 bits per heavy atom. The molecule has 1 heterocycles. The van der Waals surface area contributed by atoms with Gasteiger partial charge >= 0.3 is 0 Å². The third-order valence-corrected chi connectivity index (χ3v) is 4.81. The number of likely N-dealkylation sites (N-methyl/N-ethyl adjacent to an activating group) is 1. The Morgan fingerprint density at radius 3 is 2.15 bits per heavy atom. The van der Waals surface area contributed by atoms with Crippen LogP contribution in [0, 0.1) is 0 Å². The van der Waals surface area contributed by atoms with Gasteiger partial charge in [-0.3, -0.25) is 4.79 Å². The number of benzene rings is 2. The van der Waals surface area contributed by atoms with Crippen LogP contribution in [0.25, 0.3) is 5.76 Å². The summed E-state index contributed by atoms with van der Waals surface area (Å²) in [5, 5.41) is 10.3. The molecule has 136 valence electrons. The smallest absolute Gasteiger partial charge is 0.189 e. The maximum absolute atomic E-state index is 12.2. The molecule has 5 nitrogen and oxygen atoms in total. The maximum Gasteiger partial charge on any atom is 0.189 e. The van der Waals surface area contributed by atoms with Gasteiger partial charge in [0.2, 0.25) is 0 Å². The summed E-state index contributed by atoms with van der Waals surface area (Å²) < 4.78 is 0. The number of hydrogen-bond acceptors (Lipinski definition) is 5. The van der Waals surface area contributed by atoms with Gasteiger partial charge in [-0.05, 0) is 55.1 Å². The first-order valence-electron chi connectivity index (χ1n) is 8.95. The monoisotopic (exact) mass is 351 g/mol. The minimum absolute atomic E-state index is 0.0332. The number of carbonyl (C=O) groups is 1. The highest BCUT2D eigenvalue weighted by Gasteiger charge is 2.16. The second kappa shape index (κ2) is 8.06. The van der Waals surface area contributed by atoms with E-state index in [1.165, 1.54) is 6.08 Å². The summed E-state index contributed by atoms with van der Waals surface area (Å²) in [6, 6.07) is 14.3. The van der Waals surface area contributed by atoms with Crippen LogP contribution in [-0.2, 0) is 0 Å². The average Bonchev–Trinajstić information content (AvgIpc) is 2.68. The number of ketones is 1. The fourth-order valence-corrected chi connectivity index (χ4v) is 3.10. The van der Waals surface area contributed by atoms with E-state index in [0.29, 0.717) is 16.8 Å². The van der Waals surface area contributed by atoms with Crippen molar-refractivity contribution >= 4 is 22.9 Å². The molecule has 1 fully saturated rings. The fourth-order valence-electron chi connectivity index (χ4n) is 3.10. The highest BCUT2D eigenvalue weighted by atomic mass is 16.3. The molecule has 0 aliphatic carbocycles. The Balaban J connectivity index is 1.67. The predicted octanol–water partition coefficient (Wildman–Crippen LogP) is 3.19. The van der Waals surface area contributed by atoms with E-state index in [2.05, 4.69) is 16.7 Å². The van der Waals surface area contributed by atoms with E-state index in [-0.39, 0.29) is 11.5 Å². The Labute approximate surface area is 154 Å². The minimum Gasteiger partial charge on any atom is -0.507 e. The van der Waals surface area contributed by atoms with Gasteiger partial charge in [-0.1, -0.05) is 6.92 Å². The van der Waals surface area contributed by atoms with Gasteiger partial charge in [0, 0.05) is 54.8 Å². The third kappa shape index (κ3) is 4.24. The SMILES string of the molecule is CCN1CCN(c2ccc(/C(O)=C/C(=O)c3ccc(N)cc3)cc2)CC1. The number of nitrogen functional groups attached to an aromatic ring is 1. The van der Waals surface area contributed by atoms with Crippen molar-refractivity contribution in [1.29, 1.82) is 0 Å². The summed E-state index contributed by atoms with van der Waals surface area (Å²) >= 11 is 0. The van der Waals surface area contributed by atoms with Crippen LogP contribution in [0.4, 0.5) is 11.4 Å². The molecule has 0 amide bonds. The Hall–Kier alpha value is -2.79. The summed E-state index contributed by atoms with van der Waals surface area (Å²) in [5.74, 6) is -0.281. The van der Waals surface area contributed by atoms with Crippen LogP contribution in [0.2, 0.25) is 0 Å². The topological polar surface area (TPSA) is 69.8 Å². The number of nitrogens with zero attached hydrogens (tertiary/aromatic N) is 2. The van der Waals surface area contributed by atoms with E-state index in [9.17, 15) is 9.90 Å². The van der Waals surface area contributed by atoms with Crippen molar-refractivity contribution in [1.82, 2.24) is 4.90 Å². The van der Waals surface area contributed by atoms with Crippen LogP contribution in [0.1, 0.15) is 22.8 Å². The summed E-state index contributed by atoms with van der Waals surface area (Å²) in [4.78, 5) is 17.0. The van der Waals surface area contributed by atoms with Gasteiger partial charge in [0.25, 0.3) is 0 Å². The van der Waals surface area contributed by atoms with E-state index in [1.54, 1.807) is 24.3 Å². The normalized spacial score (nSPS) is 15.9. The summed E-state index contributed by atoms with van der Waals surface area (Å²) in [6.07, 6.45) is 1.25. The summed E-state index contributed by atoms with van der Waals surface area (Å²) in [6.45, 7) is 7.42. The van der Waals surface area contributed by atoms with Crippen LogP contribution in [0.5, 0.6) is 0 Å². The molecule has 0 aromatic heterocycles. The standard InChI is InChI=1S/C21H25N3O2/c1-2-23-11-13-24(14-12-23)19-9-5-17(6-10-19)21(26)15-20(25)16-3-7-18(22)8-4-16/h3-10,15,26H,2,11-14,22H2,1H3/b21-15-. The fraction of sp³-hybridized carbons (Fsp3) is 0.286. The van der Waals surface area contributed by atoms with Crippen LogP contribution >= 0.6 is 0 Å². The highest BCUT2D eigenvalue weighted by Crippen LogP contribution is 2.21. The zero-order valence-electron chi connectivity index (χ0n) is 15.1. The van der Waals surface area contributed by atoms with Gasteiger partial charge in [0.15, 0.2) is 5.78 Å². The number of piperazine rings is 1. The van der Waals surface area contributed by atoms with Crippen molar-refractivity contribution < 1.29 is 9.90 Å². The molecule has 5 heteroatoms. The molecule has 3 N–H and O–H groups in total. The molecule has 26 heavy (non-hydrogen) atoms. The molecule has 2 aromatic carbocycles. The molecule has 1 aliphatic heterocycles. The van der Waals surface area contributed by atoms with Gasteiger partial charge in [0.05, 0.1) is 0 Å². The lowest BCUT2D eigenvalue weighted by Gasteiger charge is -2.35. The second-order valence-electron chi connectivity index (χ2n) is 6.48. The largest absolute Gasteiger partial charge is 0.507 e. The predicted molar refractivity (Wildman–Crippen MR) is 107 cm³/mol. The molecule has 0 saturated carbocycles. The van der Waals surface area contributed by atoms with Crippen LogP contribution < -0.4 is 10.6 Å². The van der Waals surface area contributed by atoms with Crippen LogP contribution in [-0.4, -0.2) is 48.5 Å². The van der Waals surface area contributed by atoms with Crippen LogP contribution in [0.3, 0.4) is 0 Å². The van der Waals surface area contributed by atoms with E-state index in [0.717, 1.165) is 38.4 Å². The van der Waals surface area contributed by atoms with Crippen molar-refractivity contribution in [2.45, 2.75) is 6.92 Å². The van der Waals surface area contributed by atoms with Crippen molar-refractivity contribution in [2.24, 2.45) is 0 Å². The number of allylic oxidation sites excluding steroid dienone is 1. The average molecular weight is 351 g/mol. The van der Waals surface area contributed by atoms with Gasteiger partial charge in [-0.15, -0.1) is 0 Å². The molecule has 0 bridgehead atoms. The van der Waals surface area contributed by atoms with Gasteiger partial charge in [-0.25, -0.2) is 0 Å². The highest BCUT2D eigenvalue weighted by molar-refractivity contribution is 6.07. The van der Waals surface area contributed by atoms with E-state index in [4.69, 9.17) is 5.73 Å². The molecule has 2 aromatic rings. The molecular weight excluding hydrogens is 326 g/mol. The molecule has 3 rings (SSSR count). The number of aliphatic hydroxyl groups excluding tert-OH is 1. The van der Waals surface area contributed by atoms with Gasteiger partial charge in [-0.2, -0.15) is 0 Å². The molecule has 0 spiro atoms. The quantitative estimate of drug-likeness (QED) is 0.375. The first-order valence-corrected chi connectivity index (χ1v) is 8.95. The molecule has 1 aliphatic rings. The Kier molecular flexibility index (Phi) is 5.58. The van der Waals surface area contributed by atoms with Crippen molar-refractivity contribution in [2.75, 3.05) is 43.4 Å². The zero-order chi connectivity index (χ0) is 18.5. The molecular formula is C21H25N3O2. The number of rotatable bonds is 5. The summed E-state index contributed by atoms with van der Waals surface area (Å²) in [7, 11) is 0. The number of aliphatic hydroxyl groups is 1. The number of carbonyl (C=O) groups excluding carboxylic acids is 1. The van der Waals surface area contributed by atoms with Crippen molar-refractivity contribution in [3.63, 3.8) is 0 Å². The first-order chi connectivity index (χ1) is 12.6. The lowest BCUT2D eigenvalue weighted by atomic mass is 10.1. The number of hydrogen-bond donors (Lipinski definition) is 2. The molecule has 0 radical (unpaired) electrons. The zero-order valence-corrected chi connectivity index (χ0v) is 15.1. The van der Waals surface area contributed by atoms with E-state index >= 15 is 0 Å². The lowest BCUT2D eigenvalue weighted by molar-refractivity contribution is 0.104. The second-order valence-corrected chi connectivity index (χ2v) is 6.48. The Morgan fingerprint density at radius 1 is 1.00 bits per heavy atom.